The van der Waals surface area contributed by atoms with Crippen LogP contribution in [0, 0.1) is 12.8 Å². The highest BCUT2D eigenvalue weighted by Gasteiger charge is 2.28. The molecule has 42 heavy (non-hydrogen) atoms. The first-order valence-corrected chi connectivity index (χ1v) is 15.0. The lowest BCUT2D eigenvalue weighted by Gasteiger charge is -2.38. The first-order chi connectivity index (χ1) is 20.3. The van der Waals surface area contributed by atoms with Crippen molar-refractivity contribution in [2.75, 3.05) is 36.5 Å². The summed E-state index contributed by atoms with van der Waals surface area (Å²) in [6, 6.07) is 10.2. The molecular weight excluding hydrogens is 532 g/mol. The summed E-state index contributed by atoms with van der Waals surface area (Å²) in [7, 11) is 1.94. The second-order valence-corrected chi connectivity index (χ2v) is 11.6. The van der Waals surface area contributed by atoms with Gasteiger partial charge >= 0.3 is 6.16 Å². The van der Waals surface area contributed by atoms with E-state index >= 15 is 0 Å². The van der Waals surface area contributed by atoms with Gasteiger partial charge in [0.05, 0.1) is 23.8 Å². The molecule has 2 aliphatic rings. The number of aromatic nitrogens is 4. The summed E-state index contributed by atoms with van der Waals surface area (Å²) in [6.07, 6.45) is 9.81. The highest BCUT2D eigenvalue weighted by Crippen LogP contribution is 2.23. The Kier molecular flexibility index (Phi) is 9.29. The van der Waals surface area contributed by atoms with E-state index in [-0.39, 0.29) is 24.9 Å². The SMILES string of the molecule is Cc1ccc(Cn2c(N3CCC(N(C)c4nccc(=O)n4COC(=O)OCCC(C)C)CC3)nc3c2=CCCC=3)cc1. The van der Waals surface area contributed by atoms with Crippen molar-refractivity contribution in [3.8, 4) is 0 Å². The van der Waals surface area contributed by atoms with Crippen LogP contribution >= 0.6 is 0 Å². The third-order valence-electron chi connectivity index (χ3n) is 8.07. The van der Waals surface area contributed by atoms with Gasteiger partial charge in [-0.3, -0.25) is 4.79 Å². The number of nitrogens with zero attached hydrogens (tertiary/aromatic N) is 6. The summed E-state index contributed by atoms with van der Waals surface area (Å²) in [6.45, 7) is 8.69. The smallest absolute Gasteiger partial charge is 0.434 e. The Morgan fingerprint density at radius 2 is 1.79 bits per heavy atom. The van der Waals surface area contributed by atoms with E-state index < -0.39 is 6.16 Å². The molecule has 0 unspecified atom stereocenters. The molecule has 0 spiro atoms. The fourth-order valence-corrected chi connectivity index (χ4v) is 5.53. The Labute approximate surface area is 246 Å². The summed E-state index contributed by atoms with van der Waals surface area (Å²) < 4.78 is 14.1. The van der Waals surface area contributed by atoms with E-state index in [0.717, 1.165) is 63.0 Å². The Morgan fingerprint density at radius 3 is 2.52 bits per heavy atom. The van der Waals surface area contributed by atoms with Crippen molar-refractivity contribution < 1.29 is 14.3 Å². The van der Waals surface area contributed by atoms with Crippen LogP contribution in [-0.4, -0.2) is 58.0 Å². The fourth-order valence-electron chi connectivity index (χ4n) is 5.53. The van der Waals surface area contributed by atoms with Crippen LogP contribution in [0.3, 0.4) is 0 Å². The van der Waals surface area contributed by atoms with E-state index in [1.165, 1.54) is 33.3 Å². The lowest BCUT2D eigenvalue weighted by Crippen LogP contribution is -2.46. The molecule has 1 aliphatic heterocycles. The number of ether oxygens (including phenoxy) is 2. The van der Waals surface area contributed by atoms with E-state index in [0.29, 0.717) is 11.9 Å². The van der Waals surface area contributed by atoms with Crippen LogP contribution in [0.1, 0.15) is 57.1 Å². The largest absolute Gasteiger partial charge is 0.510 e. The molecule has 0 saturated carbocycles. The highest BCUT2D eigenvalue weighted by molar-refractivity contribution is 5.59. The average Bonchev–Trinajstić information content (AvgIpc) is 3.35. The van der Waals surface area contributed by atoms with Crippen LogP contribution in [0.25, 0.3) is 12.2 Å². The standard InChI is InChI=1S/C32H42N6O4/c1-23(2)16-20-41-32(40)42-22-38-29(39)13-17-33-30(38)35(4)26-14-18-36(19-15-26)31-34-27-7-5-6-8-28(27)37(31)21-25-11-9-24(3)10-12-25/h7-13,17,23,26H,5-6,14-16,18-22H2,1-4H3. The summed E-state index contributed by atoms with van der Waals surface area (Å²) >= 11 is 0. The average molecular weight is 575 g/mol. The van der Waals surface area contributed by atoms with Crippen molar-refractivity contribution in [2.24, 2.45) is 5.92 Å². The summed E-state index contributed by atoms with van der Waals surface area (Å²) in [5.74, 6) is 1.90. The van der Waals surface area contributed by atoms with Crippen LogP contribution in [0.15, 0.2) is 41.3 Å². The minimum atomic E-state index is -0.786. The molecule has 0 radical (unpaired) electrons. The van der Waals surface area contributed by atoms with E-state index in [1.807, 2.05) is 11.9 Å². The number of rotatable bonds is 10. The second kappa shape index (κ2) is 13.3. The molecule has 10 nitrogen and oxygen atoms in total. The zero-order valence-electron chi connectivity index (χ0n) is 25.2. The van der Waals surface area contributed by atoms with Crippen molar-refractivity contribution in [3.63, 3.8) is 0 Å². The van der Waals surface area contributed by atoms with E-state index in [2.05, 4.69) is 71.6 Å². The lowest BCUT2D eigenvalue weighted by molar-refractivity contribution is 0.0307. The Balaban J connectivity index is 1.27. The molecule has 1 aromatic carbocycles. The predicted molar refractivity (Wildman–Crippen MR) is 164 cm³/mol. The van der Waals surface area contributed by atoms with Gasteiger partial charge in [0.15, 0.2) is 6.73 Å². The Bertz CT molecular complexity index is 1550. The number of carbonyl (C=O) groups excluding carboxylic acids is 1. The van der Waals surface area contributed by atoms with Crippen LogP contribution in [0.5, 0.6) is 0 Å². The monoisotopic (exact) mass is 574 g/mol. The summed E-state index contributed by atoms with van der Waals surface area (Å²) in [5, 5.41) is 2.28. The Morgan fingerprint density at radius 1 is 1.05 bits per heavy atom. The van der Waals surface area contributed by atoms with Crippen molar-refractivity contribution in [2.45, 2.75) is 72.2 Å². The maximum Gasteiger partial charge on any atom is 0.510 e. The maximum atomic E-state index is 12.7. The Hall–Kier alpha value is -4.08. The number of benzene rings is 1. The van der Waals surface area contributed by atoms with Crippen molar-refractivity contribution in [3.05, 3.63) is 68.7 Å². The molecule has 2 aromatic heterocycles. The number of carbonyl (C=O) groups is 1. The fraction of sp³-hybridized carbons (Fsp3) is 0.500. The molecule has 0 atom stereocenters. The van der Waals surface area contributed by atoms with Crippen LogP contribution in [0.2, 0.25) is 0 Å². The first-order valence-electron chi connectivity index (χ1n) is 15.0. The topological polar surface area (TPSA) is 94.7 Å². The quantitative estimate of drug-likeness (QED) is 0.340. The number of hydrogen-bond acceptors (Lipinski definition) is 8. The van der Waals surface area contributed by atoms with Gasteiger partial charge in [-0.15, -0.1) is 0 Å². The minimum Gasteiger partial charge on any atom is -0.434 e. The maximum absolute atomic E-state index is 12.7. The first kappa shape index (κ1) is 29.4. The van der Waals surface area contributed by atoms with Crippen LogP contribution in [0.4, 0.5) is 16.7 Å². The van der Waals surface area contributed by atoms with Gasteiger partial charge in [-0.2, -0.15) is 0 Å². The third kappa shape index (κ3) is 6.86. The minimum absolute atomic E-state index is 0.160. The van der Waals surface area contributed by atoms with Gasteiger partial charge < -0.3 is 23.8 Å². The van der Waals surface area contributed by atoms with Gasteiger partial charge in [-0.25, -0.2) is 19.3 Å². The molecule has 3 heterocycles. The molecule has 0 bridgehead atoms. The van der Waals surface area contributed by atoms with E-state index in [9.17, 15) is 9.59 Å². The van der Waals surface area contributed by atoms with Gasteiger partial charge in [0.1, 0.15) is 0 Å². The summed E-state index contributed by atoms with van der Waals surface area (Å²) in [5.41, 5.74) is 2.23. The normalized spacial score (nSPS) is 15.1. The van der Waals surface area contributed by atoms with E-state index in [1.54, 1.807) is 0 Å². The molecule has 1 aliphatic carbocycles. The van der Waals surface area contributed by atoms with E-state index in [4.69, 9.17) is 14.5 Å². The van der Waals surface area contributed by atoms with Gasteiger partial charge in [-0.05, 0) is 50.5 Å². The molecule has 5 rings (SSSR count). The lowest BCUT2D eigenvalue weighted by atomic mass is 10.0. The summed E-state index contributed by atoms with van der Waals surface area (Å²) in [4.78, 5) is 38.8. The van der Waals surface area contributed by atoms with Crippen molar-refractivity contribution >= 4 is 30.2 Å². The van der Waals surface area contributed by atoms with Crippen molar-refractivity contribution in [1.82, 2.24) is 19.1 Å². The molecule has 0 amide bonds. The number of hydrogen-bond donors (Lipinski definition) is 0. The molecule has 1 fully saturated rings. The predicted octanol–water partition coefficient (Wildman–Crippen LogP) is 3.41. The zero-order valence-corrected chi connectivity index (χ0v) is 25.2. The molecular formula is C32H42N6O4. The molecule has 1 saturated heterocycles. The number of anilines is 2. The molecule has 3 aromatic rings. The van der Waals surface area contributed by atoms with Gasteiger partial charge in [0, 0.05) is 38.4 Å². The molecule has 10 heteroatoms. The zero-order chi connectivity index (χ0) is 29.6. The number of piperidine rings is 1. The number of aryl methyl sites for hydroxylation is 1. The van der Waals surface area contributed by atoms with Gasteiger partial charge in [-0.1, -0.05) is 55.8 Å². The van der Waals surface area contributed by atoms with Crippen molar-refractivity contribution in [1.29, 1.82) is 0 Å². The highest BCUT2D eigenvalue weighted by atomic mass is 16.7. The molecule has 0 N–H and O–H groups in total. The third-order valence-corrected chi connectivity index (χ3v) is 8.07. The van der Waals surface area contributed by atoms with Crippen LogP contribution in [-0.2, 0) is 22.7 Å². The van der Waals surface area contributed by atoms with Gasteiger partial charge in [0.2, 0.25) is 11.9 Å². The van der Waals surface area contributed by atoms with Gasteiger partial charge in [0.25, 0.3) is 5.56 Å². The molecule has 224 valence electrons. The van der Waals surface area contributed by atoms with Crippen LogP contribution < -0.4 is 26.1 Å². The number of imidazole rings is 1. The second-order valence-electron chi connectivity index (χ2n) is 11.6. The number of fused-ring (bicyclic) bond motifs is 1.